The van der Waals surface area contributed by atoms with Crippen molar-refractivity contribution in [1.29, 1.82) is 0 Å². The van der Waals surface area contributed by atoms with Crippen LogP contribution in [0.2, 0.25) is 0 Å². The quantitative estimate of drug-likeness (QED) is 0.691. The Balaban J connectivity index is 2.25. The van der Waals surface area contributed by atoms with E-state index in [-0.39, 0.29) is 11.4 Å². The van der Waals surface area contributed by atoms with E-state index in [4.69, 9.17) is 16.3 Å². The fourth-order valence-corrected chi connectivity index (χ4v) is 2.82. The zero-order valence-electron chi connectivity index (χ0n) is 11.8. The van der Waals surface area contributed by atoms with Gasteiger partial charge in [-0.3, -0.25) is 4.79 Å². The average molecular weight is 276 g/mol. The average Bonchev–Trinajstić information content (AvgIpc) is 2.26. The summed E-state index contributed by atoms with van der Waals surface area (Å²) in [6, 6.07) is 0. The van der Waals surface area contributed by atoms with E-state index in [1.807, 2.05) is 6.92 Å². The van der Waals surface area contributed by atoms with Gasteiger partial charge in [-0.2, -0.15) is 0 Å². The Labute approximate surface area is 116 Å². The summed E-state index contributed by atoms with van der Waals surface area (Å²) in [5.74, 6) is 1.24. The molecule has 1 atom stereocenters. The maximum atomic E-state index is 12.0. The van der Waals surface area contributed by atoms with E-state index >= 15 is 0 Å². The summed E-state index contributed by atoms with van der Waals surface area (Å²) >= 11 is 5.78. The van der Waals surface area contributed by atoms with E-state index in [0.29, 0.717) is 24.3 Å². The van der Waals surface area contributed by atoms with Crippen molar-refractivity contribution in [3.05, 3.63) is 0 Å². The lowest BCUT2D eigenvalue weighted by molar-refractivity contribution is -0.126. The fraction of sp³-hybridized carbons (Fsp3) is 0.929. The lowest BCUT2D eigenvalue weighted by Gasteiger charge is -2.36. The fourth-order valence-electron chi connectivity index (χ4n) is 2.40. The van der Waals surface area contributed by atoms with Crippen molar-refractivity contribution in [3.63, 3.8) is 0 Å². The highest BCUT2D eigenvalue weighted by Crippen LogP contribution is 2.32. The molecular weight excluding hydrogens is 250 g/mol. The van der Waals surface area contributed by atoms with Gasteiger partial charge >= 0.3 is 0 Å². The molecule has 1 N–H and O–H groups in total. The van der Waals surface area contributed by atoms with E-state index in [1.165, 1.54) is 0 Å². The van der Waals surface area contributed by atoms with Crippen molar-refractivity contribution < 1.29 is 9.53 Å². The second kappa shape index (κ2) is 7.34. The second-order valence-electron chi connectivity index (χ2n) is 5.52. The van der Waals surface area contributed by atoms with Gasteiger partial charge in [0.25, 0.3) is 0 Å². The minimum atomic E-state index is -0.151. The summed E-state index contributed by atoms with van der Waals surface area (Å²) < 4.78 is 5.50. The van der Waals surface area contributed by atoms with Crippen molar-refractivity contribution in [2.75, 3.05) is 12.5 Å². The van der Waals surface area contributed by atoms with Crippen molar-refractivity contribution >= 4 is 17.5 Å². The molecule has 1 amide bonds. The third-order valence-electron chi connectivity index (χ3n) is 3.94. The maximum absolute atomic E-state index is 12.0. The lowest BCUT2D eigenvalue weighted by Crippen LogP contribution is -2.47. The van der Waals surface area contributed by atoms with Crippen LogP contribution in [0.5, 0.6) is 0 Å². The van der Waals surface area contributed by atoms with Crippen molar-refractivity contribution in [3.8, 4) is 0 Å². The van der Waals surface area contributed by atoms with Gasteiger partial charge in [0.05, 0.1) is 6.10 Å². The Hall–Kier alpha value is -0.280. The molecule has 0 aromatic rings. The number of ether oxygens (including phenoxy) is 1. The van der Waals surface area contributed by atoms with Gasteiger partial charge in [0, 0.05) is 24.4 Å². The molecule has 0 bridgehead atoms. The number of nitrogens with one attached hydrogen (secondary N) is 1. The van der Waals surface area contributed by atoms with E-state index in [2.05, 4.69) is 19.2 Å². The Bertz CT molecular complexity index is 267. The first-order valence-corrected chi connectivity index (χ1v) is 7.55. The summed E-state index contributed by atoms with van der Waals surface area (Å²) in [5, 5.41) is 3.13. The van der Waals surface area contributed by atoms with Crippen LogP contribution in [0.3, 0.4) is 0 Å². The smallest absolute Gasteiger partial charge is 0.220 e. The molecular formula is C14H26ClNO2. The highest BCUT2D eigenvalue weighted by molar-refractivity contribution is 6.17. The highest BCUT2D eigenvalue weighted by atomic mass is 35.5. The number of halogens is 1. The molecule has 1 fully saturated rings. The predicted molar refractivity (Wildman–Crippen MR) is 74.9 cm³/mol. The van der Waals surface area contributed by atoms with Crippen LogP contribution in [0, 0.1) is 5.92 Å². The molecule has 0 aromatic heterocycles. The van der Waals surface area contributed by atoms with Crippen LogP contribution < -0.4 is 5.32 Å². The molecule has 1 rings (SSSR count). The molecule has 4 heteroatoms. The normalized spacial score (nSPS) is 26.2. The standard InChI is InChI=1S/C14H26ClNO2/c1-4-14(3,6-7-15)16-13(17)10-11-8-12(9-11)18-5-2/h11-12H,4-10H2,1-3H3,(H,16,17). The van der Waals surface area contributed by atoms with Gasteiger partial charge in [-0.05, 0) is 45.4 Å². The second-order valence-corrected chi connectivity index (χ2v) is 5.90. The molecule has 1 unspecified atom stereocenters. The van der Waals surface area contributed by atoms with E-state index in [0.717, 1.165) is 32.3 Å². The molecule has 1 aliphatic carbocycles. The van der Waals surface area contributed by atoms with Gasteiger partial charge in [-0.25, -0.2) is 0 Å². The maximum Gasteiger partial charge on any atom is 0.220 e. The Kier molecular flexibility index (Phi) is 6.44. The van der Waals surface area contributed by atoms with Crippen molar-refractivity contribution in [2.24, 2.45) is 5.92 Å². The third kappa shape index (κ3) is 4.77. The molecule has 106 valence electrons. The molecule has 0 spiro atoms. The Morgan fingerprint density at radius 3 is 2.61 bits per heavy atom. The number of rotatable bonds is 8. The zero-order chi connectivity index (χ0) is 13.6. The number of hydrogen-bond acceptors (Lipinski definition) is 2. The number of carbonyl (C=O) groups excluding carboxylic acids is 1. The summed E-state index contributed by atoms with van der Waals surface area (Å²) in [6.07, 6.45) is 4.80. The number of hydrogen-bond donors (Lipinski definition) is 1. The molecule has 3 nitrogen and oxygen atoms in total. The minimum absolute atomic E-state index is 0.151. The Morgan fingerprint density at radius 2 is 2.11 bits per heavy atom. The molecule has 0 radical (unpaired) electrons. The van der Waals surface area contributed by atoms with Gasteiger partial charge in [-0.1, -0.05) is 6.92 Å². The van der Waals surface area contributed by atoms with Crippen molar-refractivity contribution in [1.82, 2.24) is 5.32 Å². The van der Waals surface area contributed by atoms with Gasteiger partial charge in [-0.15, -0.1) is 11.6 Å². The minimum Gasteiger partial charge on any atom is -0.378 e. The summed E-state index contributed by atoms with van der Waals surface area (Å²) in [6.45, 7) is 6.93. The van der Waals surface area contributed by atoms with Crippen LogP contribution in [0.15, 0.2) is 0 Å². The molecule has 18 heavy (non-hydrogen) atoms. The van der Waals surface area contributed by atoms with Gasteiger partial charge in [0.2, 0.25) is 5.91 Å². The molecule has 0 heterocycles. The molecule has 1 aliphatic rings. The first-order valence-electron chi connectivity index (χ1n) is 7.01. The number of amides is 1. The van der Waals surface area contributed by atoms with Crippen LogP contribution in [-0.2, 0) is 9.53 Å². The number of alkyl halides is 1. The monoisotopic (exact) mass is 275 g/mol. The van der Waals surface area contributed by atoms with Crippen LogP contribution in [0.25, 0.3) is 0 Å². The molecule has 0 aliphatic heterocycles. The first-order chi connectivity index (χ1) is 8.53. The van der Waals surface area contributed by atoms with Crippen LogP contribution in [-0.4, -0.2) is 30.0 Å². The van der Waals surface area contributed by atoms with Crippen LogP contribution in [0.1, 0.15) is 52.9 Å². The third-order valence-corrected chi connectivity index (χ3v) is 4.13. The van der Waals surface area contributed by atoms with Crippen LogP contribution in [0.4, 0.5) is 0 Å². The van der Waals surface area contributed by atoms with E-state index in [1.54, 1.807) is 0 Å². The SMILES string of the molecule is CCOC1CC(CC(=O)NC(C)(CC)CCCl)C1. The lowest BCUT2D eigenvalue weighted by atomic mass is 9.79. The molecule has 0 aromatic carbocycles. The summed E-state index contributed by atoms with van der Waals surface area (Å²) in [7, 11) is 0. The van der Waals surface area contributed by atoms with Gasteiger partial charge in [0.15, 0.2) is 0 Å². The molecule has 0 saturated heterocycles. The topological polar surface area (TPSA) is 38.3 Å². The van der Waals surface area contributed by atoms with Crippen LogP contribution >= 0.6 is 11.6 Å². The first kappa shape index (κ1) is 15.8. The van der Waals surface area contributed by atoms with Crippen molar-refractivity contribution in [2.45, 2.75) is 64.5 Å². The summed E-state index contributed by atoms with van der Waals surface area (Å²) in [4.78, 5) is 12.0. The highest BCUT2D eigenvalue weighted by Gasteiger charge is 2.32. The Morgan fingerprint density at radius 1 is 1.44 bits per heavy atom. The number of carbonyl (C=O) groups is 1. The predicted octanol–water partition coefficient (Wildman–Crippen LogP) is 3.11. The van der Waals surface area contributed by atoms with E-state index in [9.17, 15) is 4.79 Å². The zero-order valence-corrected chi connectivity index (χ0v) is 12.6. The van der Waals surface area contributed by atoms with Gasteiger partial charge in [0.1, 0.15) is 0 Å². The van der Waals surface area contributed by atoms with E-state index < -0.39 is 0 Å². The molecule has 1 saturated carbocycles. The summed E-state index contributed by atoms with van der Waals surface area (Å²) in [5.41, 5.74) is -0.151. The largest absolute Gasteiger partial charge is 0.378 e. The van der Waals surface area contributed by atoms with Gasteiger partial charge < -0.3 is 10.1 Å².